The van der Waals surface area contributed by atoms with E-state index in [1.807, 2.05) is 32.0 Å². The van der Waals surface area contributed by atoms with Crippen molar-refractivity contribution in [2.45, 2.75) is 72.8 Å². The number of rotatable bonds is 7. The lowest BCUT2D eigenvalue weighted by molar-refractivity contribution is -0.133. The van der Waals surface area contributed by atoms with E-state index in [1.54, 1.807) is 17.6 Å². The summed E-state index contributed by atoms with van der Waals surface area (Å²) in [6, 6.07) is 14.3. The SMILES string of the molecule is CC(C)Oc1ccc(-c2nnc(-c3cccc4c3CCCC4)s2)cc1C#N.CCC(C)C.CSCC(=O)O. The Labute approximate surface area is 235 Å². The van der Waals surface area contributed by atoms with Crippen LogP contribution in [0.4, 0.5) is 0 Å². The number of hydrogen-bond donors (Lipinski definition) is 1. The molecule has 0 amide bonds. The number of fused-ring (bicyclic) bond motifs is 1. The summed E-state index contributed by atoms with van der Waals surface area (Å²) in [7, 11) is 0. The molecule has 1 aliphatic carbocycles. The van der Waals surface area contributed by atoms with E-state index in [-0.39, 0.29) is 11.9 Å². The molecule has 0 spiro atoms. The van der Waals surface area contributed by atoms with Crippen molar-refractivity contribution in [1.29, 1.82) is 5.26 Å². The molecule has 0 aliphatic heterocycles. The Balaban J connectivity index is 0.000000391. The van der Waals surface area contributed by atoms with Crippen molar-refractivity contribution in [3.05, 3.63) is 53.1 Å². The molecule has 2 aromatic carbocycles. The number of carboxylic acid groups (broad SMARTS) is 1. The van der Waals surface area contributed by atoms with Crippen molar-refractivity contribution in [3.63, 3.8) is 0 Å². The number of ether oxygens (including phenoxy) is 1. The van der Waals surface area contributed by atoms with Gasteiger partial charge in [-0.1, -0.05) is 56.7 Å². The van der Waals surface area contributed by atoms with Gasteiger partial charge in [-0.25, -0.2) is 0 Å². The molecule has 6 nitrogen and oxygen atoms in total. The van der Waals surface area contributed by atoms with Crippen LogP contribution in [0, 0.1) is 17.2 Å². The standard InChI is InChI=1S/C22H21N3OS.C5H12.C3H6O2S/c1-14(2)26-20-11-10-16(12-17(20)13-23)21-24-25-22(27-21)19-9-5-7-15-6-3-4-8-18(15)19;1-4-5(2)3;1-6-2-3(4)5/h5,7,9-12,14H,3-4,6,8H2,1-2H3;5H,4H2,1-3H3;2H2,1H3,(H,4,5). The van der Waals surface area contributed by atoms with Crippen LogP contribution in [0.2, 0.25) is 0 Å². The molecule has 3 aromatic rings. The highest BCUT2D eigenvalue weighted by Gasteiger charge is 2.18. The Morgan fingerprint density at radius 2 is 1.82 bits per heavy atom. The van der Waals surface area contributed by atoms with Gasteiger partial charge in [-0.05, 0) is 81.0 Å². The van der Waals surface area contributed by atoms with Crippen molar-refractivity contribution < 1.29 is 14.6 Å². The molecule has 0 bridgehead atoms. The van der Waals surface area contributed by atoms with E-state index in [9.17, 15) is 10.1 Å². The van der Waals surface area contributed by atoms with Crippen LogP contribution in [0.25, 0.3) is 21.1 Å². The largest absolute Gasteiger partial charge is 0.490 e. The summed E-state index contributed by atoms with van der Waals surface area (Å²) in [5, 5.41) is 28.0. The molecule has 1 N–H and O–H groups in total. The van der Waals surface area contributed by atoms with Gasteiger partial charge < -0.3 is 9.84 Å². The molecule has 1 aromatic heterocycles. The first-order valence-electron chi connectivity index (χ1n) is 13.1. The number of aromatic nitrogens is 2. The zero-order valence-electron chi connectivity index (χ0n) is 23.3. The van der Waals surface area contributed by atoms with Gasteiger partial charge in [-0.15, -0.1) is 10.2 Å². The molecular weight excluding hydrogens is 514 g/mol. The predicted molar refractivity (Wildman–Crippen MR) is 159 cm³/mol. The highest BCUT2D eigenvalue weighted by Crippen LogP contribution is 2.36. The van der Waals surface area contributed by atoms with Crippen molar-refractivity contribution in [2.24, 2.45) is 5.92 Å². The van der Waals surface area contributed by atoms with E-state index in [2.05, 4.69) is 55.2 Å². The monoisotopic (exact) mass is 553 g/mol. The van der Waals surface area contributed by atoms with Crippen molar-refractivity contribution >= 4 is 29.1 Å². The number of thioether (sulfide) groups is 1. The molecule has 1 aliphatic rings. The zero-order chi connectivity index (χ0) is 28.1. The highest BCUT2D eigenvalue weighted by atomic mass is 32.2. The topological polar surface area (TPSA) is 96.1 Å². The third kappa shape index (κ3) is 9.77. The van der Waals surface area contributed by atoms with E-state index in [0.717, 1.165) is 34.3 Å². The Morgan fingerprint density at radius 3 is 2.39 bits per heavy atom. The van der Waals surface area contributed by atoms with Gasteiger partial charge in [0.25, 0.3) is 0 Å². The lowest BCUT2D eigenvalue weighted by atomic mass is 9.88. The van der Waals surface area contributed by atoms with Gasteiger partial charge in [0.2, 0.25) is 0 Å². The van der Waals surface area contributed by atoms with Gasteiger partial charge in [0.05, 0.1) is 17.4 Å². The minimum Gasteiger partial charge on any atom is -0.490 e. The molecule has 0 saturated carbocycles. The van der Waals surface area contributed by atoms with Gasteiger partial charge in [-0.3, -0.25) is 4.79 Å². The van der Waals surface area contributed by atoms with Crippen LogP contribution < -0.4 is 4.74 Å². The van der Waals surface area contributed by atoms with Gasteiger partial charge in [0, 0.05) is 11.1 Å². The van der Waals surface area contributed by atoms with E-state index in [4.69, 9.17) is 9.84 Å². The van der Waals surface area contributed by atoms with Gasteiger partial charge in [0.15, 0.2) is 0 Å². The second-order valence-electron chi connectivity index (χ2n) is 9.68. The quantitative estimate of drug-likeness (QED) is 0.318. The maximum Gasteiger partial charge on any atom is 0.313 e. The Morgan fingerprint density at radius 1 is 1.13 bits per heavy atom. The number of hydrogen-bond acceptors (Lipinski definition) is 7. The van der Waals surface area contributed by atoms with Crippen molar-refractivity contribution in [1.82, 2.24) is 10.2 Å². The Bertz CT molecular complexity index is 1220. The third-order valence-corrected chi connectivity index (χ3v) is 7.39. The number of aliphatic carboxylic acids is 1. The highest BCUT2D eigenvalue weighted by molar-refractivity contribution is 7.99. The molecule has 38 heavy (non-hydrogen) atoms. The number of carboxylic acids is 1. The first kappa shape index (κ1) is 31.3. The molecule has 1 heterocycles. The Hall–Kier alpha value is -2.89. The van der Waals surface area contributed by atoms with Gasteiger partial charge in [0.1, 0.15) is 21.8 Å². The number of nitrogens with zero attached hydrogens (tertiary/aromatic N) is 3. The first-order chi connectivity index (χ1) is 18.2. The van der Waals surface area contributed by atoms with Crippen LogP contribution in [0.15, 0.2) is 36.4 Å². The van der Waals surface area contributed by atoms with Crippen LogP contribution in [-0.2, 0) is 17.6 Å². The van der Waals surface area contributed by atoms with Crippen molar-refractivity contribution in [3.8, 4) is 33.0 Å². The summed E-state index contributed by atoms with van der Waals surface area (Å²) in [5.41, 5.74) is 5.49. The lowest BCUT2D eigenvalue weighted by Crippen LogP contribution is -2.06. The normalized spacial score (nSPS) is 12.0. The average Bonchev–Trinajstić information content (AvgIpc) is 3.39. The summed E-state index contributed by atoms with van der Waals surface area (Å²) in [4.78, 5) is 9.58. The molecule has 8 heteroatoms. The summed E-state index contributed by atoms with van der Waals surface area (Å²) < 4.78 is 5.71. The smallest absolute Gasteiger partial charge is 0.313 e. The number of carbonyl (C=O) groups is 1. The molecule has 0 radical (unpaired) electrons. The minimum atomic E-state index is -0.748. The van der Waals surface area contributed by atoms with Crippen LogP contribution in [-0.4, -0.2) is 39.4 Å². The number of benzene rings is 2. The van der Waals surface area contributed by atoms with Crippen LogP contribution in [0.3, 0.4) is 0 Å². The first-order valence-corrected chi connectivity index (χ1v) is 15.3. The van der Waals surface area contributed by atoms with Crippen molar-refractivity contribution in [2.75, 3.05) is 12.0 Å². The third-order valence-electron chi connectivity index (χ3n) is 5.85. The van der Waals surface area contributed by atoms with E-state index in [1.165, 1.54) is 47.7 Å². The maximum absolute atomic E-state index is 9.58. The van der Waals surface area contributed by atoms with Crippen LogP contribution in [0.5, 0.6) is 5.75 Å². The number of nitriles is 1. The summed E-state index contributed by atoms with van der Waals surface area (Å²) in [6.45, 7) is 10.5. The van der Waals surface area contributed by atoms with Gasteiger partial charge >= 0.3 is 5.97 Å². The predicted octanol–water partition coefficient (Wildman–Crippen LogP) is 7.90. The molecule has 4 rings (SSSR count). The molecule has 0 atom stereocenters. The summed E-state index contributed by atoms with van der Waals surface area (Å²) in [5.74, 6) is 0.954. The molecule has 0 fully saturated rings. The zero-order valence-corrected chi connectivity index (χ0v) is 24.9. The van der Waals surface area contributed by atoms with Gasteiger partial charge in [-0.2, -0.15) is 17.0 Å². The van der Waals surface area contributed by atoms with E-state index in [0.29, 0.717) is 11.3 Å². The molecular formula is C30H39N3O3S2. The molecule has 0 saturated heterocycles. The van der Waals surface area contributed by atoms with E-state index >= 15 is 0 Å². The lowest BCUT2D eigenvalue weighted by Gasteiger charge is -2.17. The number of aryl methyl sites for hydroxylation is 1. The second-order valence-corrected chi connectivity index (χ2v) is 11.5. The van der Waals surface area contributed by atoms with Crippen LogP contribution >= 0.6 is 23.1 Å². The minimum absolute atomic E-state index is 0.0281. The average molecular weight is 554 g/mol. The molecule has 0 unspecified atom stereocenters. The maximum atomic E-state index is 9.58. The fourth-order valence-corrected chi connectivity index (χ4v) is 4.80. The fraction of sp³-hybridized carbons (Fsp3) is 0.467. The van der Waals surface area contributed by atoms with Crippen LogP contribution in [0.1, 0.15) is 70.6 Å². The summed E-state index contributed by atoms with van der Waals surface area (Å²) in [6.07, 6.45) is 7.85. The molecule has 204 valence electrons. The Kier molecular flexibility index (Phi) is 13.3. The summed E-state index contributed by atoms with van der Waals surface area (Å²) >= 11 is 2.89. The fourth-order valence-electron chi connectivity index (χ4n) is 3.66. The second kappa shape index (κ2) is 16.2. The van der Waals surface area contributed by atoms with E-state index < -0.39 is 5.97 Å².